The van der Waals surface area contributed by atoms with Gasteiger partial charge in [0.2, 0.25) is 0 Å². The van der Waals surface area contributed by atoms with Gasteiger partial charge in [-0.2, -0.15) is 18.3 Å². The van der Waals surface area contributed by atoms with Crippen LogP contribution in [0.4, 0.5) is 49.5 Å². The summed E-state index contributed by atoms with van der Waals surface area (Å²) < 4.78 is 65.8. The van der Waals surface area contributed by atoms with Crippen molar-refractivity contribution in [1.82, 2.24) is 0 Å². The molecule has 0 saturated carbocycles. The third-order valence-corrected chi connectivity index (χ3v) is 4.19. The van der Waals surface area contributed by atoms with Crippen LogP contribution < -0.4 is 10.6 Å². The molecule has 5 nitrogen and oxygen atoms in total. The molecule has 11 heteroatoms. The number of urea groups is 1. The highest BCUT2D eigenvalue weighted by Crippen LogP contribution is 2.36. The number of benzene rings is 3. The van der Waals surface area contributed by atoms with E-state index in [1.807, 2.05) is 0 Å². The lowest BCUT2D eigenvalue weighted by atomic mass is 10.2. The summed E-state index contributed by atoms with van der Waals surface area (Å²) in [6.07, 6.45) is -4.67. The fourth-order valence-electron chi connectivity index (χ4n) is 2.42. The molecular formula is C20H12ClF5N4O. The molecule has 0 aliphatic heterocycles. The Kier molecular flexibility index (Phi) is 6.50. The molecule has 3 aromatic carbocycles. The van der Waals surface area contributed by atoms with Crippen LogP contribution in [-0.4, -0.2) is 6.03 Å². The van der Waals surface area contributed by atoms with Crippen molar-refractivity contribution in [1.29, 1.82) is 0 Å². The van der Waals surface area contributed by atoms with Crippen LogP contribution in [0, 0.1) is 11.6 Å². The molecule has 3 rings (SSSR count). The van der Waals surface area contributed by atoms with Gasteiger partial charge in [-0.3, -0.25) is 0 Å². The van der Waals surface area contributed by atoms with Gasteiger partial charge in [0.05, 0.1) is 16.3 Å². The van der Waals surface area contributed by atoms with Gasteiger partial charge >= 0.3 is 12.2 Å². The van der Waals surface area contributed by atoms with Gasteiger partial charge in [0.15, 0.2) is 17.3 Å². The van der Waals surface area contributed by atoms with Gasteiger partial charge in [-0.15, -0.1) is 5.11 Å². The first-order valence-electron chi connectivity index (χ1n) is 8.54. The molecule has 31 heavy (non-hydrogen) atoms. The minimum Gasteiger partial charge on any atom is -0.308 e. The number of amides is 2. The van der Waals surface area contributed by atoms with Crippen LogP contribution in [0.3, 0.4) is 0 Å². The third kappa shape index (κ3) is 5.76. The van der Waals surface area contributed by atoms with E-state index in [0.717, 1.165) is 18.2 Å². The van der Waals surface area contributed by atoms with Crippen molar-refractivity contribution in [2.75, 3.05) is 10.6 Å². The lowest BCUT2D eigenvalue weighted by Gasteiger charge is -2.12. The molecule has 160 valence electrons. The molecule has 2 N–H and O–H groups in total. The van der Waals surface area contributed by atoms with Gasteiger partial charge in [0.25, 0.3) is 0 Å². The van der Waals surface area contributed by atoms with Gasteiger partial charge in [-0.1, -0.05) is 17.7 Å². The lowest BCUT2D eigenvalue weighted by molar-refractivity contribution is -0.137. The number of hydrogen-bond donors (Lipinski definition) is 2. The second-order valence-corrected chi connectivity index (χ2v) is 6.50. The van der Waals surface area contributed by atoms with Gasteiger partial charge in [-0.05, 0) is 54.6 Å². The minimum absolute atomic E-state index is 0.105. The quantitative estimate of drug-likeness (QED) is 0.308. The molecule has 0 unspecified atom stereocenters. The molecule has 0 aliphatic rings. The Morgan fingerprint density at radius 2 is 1.42 bits per heavy atom. The summed E-state index contributed by atoms with van der Waals surface area (Å²) in [6, 6.07) is 11.1. The molecule has 0 fully saturated rings. The first-order valence-corrected chi connectivity index (χ1v) is 8.92. The molecular weight excluding hydrogens is 443 g/mol. The summed E-state index contributed by atoms with van der Waals surface area (Å²) >= 11 is 5.54. The molecule has 0 heterocycles. The van der Waals surface area contributed by atoms with E-state index in [1.165, 1.54) is 36.4 Å². The number of halogens is 6. The van der Waals surface area contributed by atoms with Crippen molar-refractivity contribution < 1.29 is 26.7 Å². The molecule has 0 spiro atoms. The molecule has 3 aromatic rings. The van der Waals surface area contributed by atoms with E-state index < -0.39 is 40.1 Å². The number of anilines is 2. The molecule has 0 atom stereocenters. The smallest absolute Gasteiger partial charge is 0.308 e. The highest BCUT2D eigenvalue weighted by Gasteiger charge is 2.33. The third-order valence-electron chi connectivity index (χ3n) is 3.86. The maximum Gasteiger partial charge on any atom is 0.417 e. The number of hydrogen-bond acceptors (Lipinski definition) is 3. The van der Waals surface area contributed by atoms with Crippen molar-refractivity contribution in [3.8, 4) is 0 Å². The number of rotatable bonds is 4. The Morgan fingerprint density at radius 1 is 0.839 bits per heavy atom. The highest BCUT2D eigenvalue weighted by atomic mass is 35.5. The van der Waals surface area contributed by atoms with Crippen LogP contribution in [0.5, 0.6) is 0 Å². The summed E-state index contributed by atoms with van der Waals surface area (Å²) in [5.74, 6) is -1.73. The van der Waals surface area contributed by atoms with Crippen molar-refractivity contribution >= 4 is 40.4 Å². The predicted octanol–water partition coefficient (Wildman–Crippen LogP) is 7.70. The van der Waals surface area contributed by atoms with Crippen LogP contribution in [0.25, 0.3) is 0 Å². The average molecular weight is 455 g/mol. The zero-order valence-corrected chi connectivity index (χ0v) is 16.1. The van der Waals surface area contributed by atoms with E-state index in [0.29, 0.717) is 11.8 Å². The fourth-order valence-corrected chi connectivity index (χ4v) is 2.64. The van der Waals surface area contributed by atoms with E-state index in [1.54, 1.807) is 0 Å². The standard InChI is InChI=1S/C20H12ClF5N4O/c21-15-9-8-13(10-14(15)20(24,25)26)28-19(31)27-11-4-6-12(7-5-11)29-30-18-16(22)2-1-3-17(18)23/h1-10H,(H2,27,28,31)/b30-29+. The lowest BCUT2D eigenvalue weighted by Crippen LogP contribution is -2.19. The van der Waals surface area contributed by atoms with E-state index in [9.17, 15) is 26.7 Å². The molecule has 0 aliphatic carbocycles. The van der Waals surface area contributed by atoms with E-state index >= 15 is 0 Å². The Morgan fingerprint density at radius 3 is 2.03 bits per heavy atom. The van der Waals surface area contributed by atoms with Gasteiger partial charge in [0, 0.05) is 11.4 Å². The topological polar surface area (TPSA) is 65.8 Å². The van der Waals surface area contributed by atoms with Crippen LogP contribution in [0.1, 0.15) is 5.56 Å². The second kappa shape index (κ2) is 9.09. The van der Waals surface area contributed by atoms with Crippen LogP contribution in [0.15, 0.2) is 70.9 Å². The molecule has 0 saturated heterocycles. The number of nitrogens with zero attached hydrogens (tertiary/aromatic N) is 2. The average Bonchev–Trinajstić information content (AvgIpc) is 2.69. The largest absolute Gasteiger partial charge is 0.417 e. The predicted molar refractivity (Wildman–Crippen MR) is 106 cm³/mol. The summed E-state index contributed by atoms with van der Waals surface area (Å²) in [6.45, 7) is 0. The summed E-state index contributed by atoms with van der Waals surface area (Å²) in [5, 5.41) is 11.5. The van der Waals surface area contributed by atoms with Crippen LogP contribution >= 0.6 is 11.6 Å². The Bertz CT molecular complexity index is 1110. The molecule has 0 aromatic heterocycles. The van der Waals surface area contributed by atoms with Gasteiger partial charge in [-0.25, -0.2) is 13.6 Å². The van der Waals surface area contributed by atoms with Crippen molar-refractivity contribution in [3.05, 3.63) is 82.9 Å². The van der Waals surface area contributed by atoms with Crippen molar-refractivity contribution in [2.24, 2.45) is 10.2 Å². The zero-order chi connectivity index (χ0) is 22.6. The van der Waals surface area contributed by atoms with E-state index in [2.05, 4.69) is 20.9 Å². The monoisotopic (exact) mass is 454 g/mol. The zero-order valence-electron chi connectivity index (χ0n) is 15.3. The summed E-state index contributed by atoms with van der Waals surface area (Å²) in [7, 11) is 0. The van der Waals surface area contributed by atoms with E-state index in [4.69, 9.17) is 11.6 Å². The van der Waals surface area contributed by atoms with Crippen LogP contribution in [0.2, 0.25) is 5.02 Å². The Balaban J connectivity index is 1.65. The highest BCUT2D eigenvalue weighted by molar-refractivity contribution is 6.31. The Hall–Kier alpha value is -3.53. The summed E-state index contributed by atoms with van der Waals surface area (Å²) in [4.78, 5) is 12.0. The number of azo groups is 1. The first kappa shape index (κ1) is 22.2. The maximum absolute atomic E-state index is 13.5. The number of alkyl halides is 3. The van der Waals surface area contributed by atoms with E-state index in [-0.39, 0.29) is 11.4 Å². The number of nitrogens with one attached hydrogen (secondary N) is 2. The van der Waals surface area contributed by atoms with Gasteiger partial charge < -0.3 is 10.6 Å². The number of carbonyl (C=O) groups excluding carboxylic acids is 1. The maximum atomic E-state index is 13.5. The molecule has 0 radical (unpaired) electrons. The fraction of sp³-hybridized carbons (Fsp3) is 0.0500. The SMILES string of the molecule is O=C(Nc1ccc(/N=N/c2c(F)cccc2F)cc1)Nc1ccc(Cl)c(C(F)(F)F)c1. The Labute approximate surface area is 177 Å². The normalized spacial score (nSPS) is 11.5. The molecule has 2 amide bonds. The second-order valence-electron chi connectivity index (χ2n) is 6.09. The number of carbonyl (C=O) groups is 1. The summed E-state index contributed by atoms with van der Waals surface area (Å²) in [5.41, 5.74) is -1.18. The van der Waals surface area contributed by atoms with Gasteiger partial charge in [0.1, 0.15) is 0 Å². The van der Waals surface area contributed by atoms with Crippen molar-refractivity contribution in [3.63, 3.8) is 0 Å². The van der Waals surface area contributed by atoms with Crippen LogP contribution in [-0.2, 0) is 6.18 Å². The first-order chi connectivity index (χ1) is 14.6. The minimum atomic E-state index is -4.67. The van der Waals surface area contributed by atoms with Crippen molar-refractivity contribution in [2.45, 2.75) is 6.18 Å². The molecule has 0 bridgehead atoms.